The normalized spacial score (nSPS) is 17.2. The van der Waals surface area contributed by atoms with E-state index in [1.807, 2.05) is 30.3 Å². The van der Waals surface area contributed by atoms with Gasteiger partial charge in [0.15, 0.2) is 0 Å². The Bertz CT molecular complexity index is 1130. The summed E-state index contributed by atoms with van der Waals surface area (Å²) in [5.74, 6) is 0.510. The quantitative estimate of drug-likeness (QED) is 0.154. The fraction of sp³-hybridized carbons (Fsp3) is 0.529. The van der Waals surface area contributed by atoms with E-state index in [0.29, 0.717) is 15.7 Å². The summed E-state index contributed by atoms with van der Waals surface area (Å²) in [6.45, 7) is 4.54. The fourth-order valence-corrected chi connectivity index (χ4v) is 8.21. The maximum Gasteiger partial charge on any atom is 0.202 e. The number of hydrogen-bond donors (Lipinski definition) is 0. The van der Waals surface area contributed by atoms with Crippen LogP contribution in [0.4, 0.5) is 0 Å². The van der Waals surface area contributed by atoms with Crippen molar-refractivity contribution in [2.75, 3.05) is 0 Å². The lowest BCUT2D eigenvalue weighted by molar-refractivity contribution is 0.101. The highest BCUT2D eigenvalue weighted by Gasteiger charge is 2.37. The Kier molecular flexibility index (Phi) is 11.6. The second kappa shape index (κ2) is 15.1. The zero-order valence-electron chi connectivity index (χ0n) is 23.4. The van der Waals surface area contributed by atoms with Gasteiger partial charge < -0.3 is 0 Å². The number of fused-ring (bicyclic) bond motifs is 2. The van der Waals surface area contributed by atoms with Crippen LogP contribution in [-0.2, 0) is 0 Å². The molecule has 2 heterocycles. The molecule has 0 N–H and O–H groups in total. The van der Waals surface area contributed by atoms with Gasteiger partial charge in [-0.3, -0.25) is 9.59 Å². The lowest BCUT2D eigenvalue weighted by Crippen LogP contribution is -2.03. The van der Waals surface area contributed by atoms with Crippen molar-refractivity contribution in [1.29, 1.82) is 0 Å². The monoisotopic (exact) mass is 548 g/mol. The summed E-state index contributed by atoms with van der Waals surface area (Å²) >= 11 is 3.01. The lowest BCUT2D eigenvalue weighted by atomic mass is 9.87. The van der Waals surface area contributed by atoms with Gasteiger partial charge in [-0.2, -0.15) is 0 Å². The maximum atomic E-state index is 13.5. The zero-order chi connectivity index (χ0) is 26.7. The molecule has 2 aliphatic heterocycles. The van der Waals surface area contributed by atoms with E-state index in [-0.39, 0.29) is 11.6 Å². The van der Waals surface area contributed by atoms with Crippen molar-refractivity contribution in [3.63, 3.8) is 0 Å². The van der Waals surface area contributed by atoms with E-state index in [4.69, 9.17) is 0 Å². The number of carbonyl (C=O) groups is 2. The number of carbonyl (C=O) groups excluding carboxylic acids is 2. The van der Waals surface area contributed by atoms with Gasteiger partial charge in [0.05, 0.1) is 9.81 Å². The standard InChI is InChI=1S/C34H44O2S2/c1-3-5-7-8-9-10-11-12-13-14-15-20-25(19-6-4-2)26-22-18-23-28-31(36)34(38-32(26)28)33-30(35)27-21-16-17-24-29(27)37-33/h16-18,21-25H,3-15,19-20H2,1-2H3. The first-order valence-corrected chi connectivity index (χ1v) is 16.7. The van der Waals surface area contributed by atoms with Crippen molar-refractivity contribution in [1.82, 2.24) is 0 Å². The van der Waals surface area contributed by atoms with E-state index in [1.54, 1.807) is 11.8 Å². The van der Waals surface area contributed by atoms with Gasteiger partial charge in [-0.05, 0) is 42.5 Å². The van der Waals surface area contributed by atoms with Gasteiger partial charge in [0.1, 0.15) is 0 Å². The number of benzene rings is 2. The van der Waals surface area contributed by atoms with Crippen molar-refractivity contribution in [3.8, 4) is 0 Å². The summed E-state index contributed by atoms with van der Waals surface area (Å²) in [5, 5.41) is 0. The van der Waals surface area contributed by atoms with Crippen molar-refractivity contribution in [2.24, 2.45) is 0 Å². The van der Waals surface area contributed by atoms with Crippen molar-refractivity contribution in [2.45, 2.75) is 126 Å². The van der Waals surface area contributed by atoms with Crippen molar-refractivity contribution >= 4 is 35.1 Å². The predicted molar refractivity (Wildman–Crippen MR) is 164 cm³/mol. The summed E-state index contributed by atoms with van der Waals surface area (Å²) in [5.41, 5.74) is 2.84. The Labute approximate surface area is 238 Å². The predicted octanol–water partition coefficient (Wildman–Crippen LogP) is 11.2. The first kappa shape index (κ1) is 29.2. The molecule has 4 rings (SSSR count). The molecule has 38 heavy (non-hydrogen) atoms. The van der Waals surface area contributed by atoms with E-state index < -0.39 is 0 Å². The van der Waals surface area contributed by atoms with Crippen LogP contribution in [0.15, 0.2) is 62.1 Å². The fourth-order valence-electron chi connectivity index (χ4n) is 5.72. The molecule has 0 saturated carbocycles. The van der Waals surface area contributed by atoms with Crippen LogP contribution < -0.4 is 0 Å². The third kappa shape index (κ3) is 7.24. The van der Waals surface area contributed by atoms with Crippen molar-refractivity contribution in [3.05, 3.63) is 69.0 Å². The number of unbranched alkanes of at least 4 members (excludes halogenated alkanes) is 11. The molecule has 0 aromatic heterocycles. The van der Waals surface area contributed by atoms with Gasteiger partial charge >= 0.3 is 0 Å². The van der Waals surface area contributed by atoms with Gasteiger partial charge in [0.2, 0.25) is 11.6 Å². The molecule has 0 spiro atoms. The molecule has 2 aromatic carbocycles. The molecule has 4 heteroatoms. The van der Waals surface area contributed by atoms with Crippen LogP contribution >= 0.6 is 23.5 Å². The first-order chi connectivity index (χ1) is 18.7. The number of ketones is 2. The van der Waals surface area contributed by atoms with Gasteiger partial charge in [0, 0.05) is 20.9 Å². The lowest BCUT2D eigenvalue weighted by Gasteiger charge is -2.20. The molecule has 0 fully saturated rings. The summed E-state index contributed by atoms with van der Waals surface area (Å²) < 4.78 is 0. The highest BCUT2D eigenvalue weighted by atomic mass is 32.2. The SMILES string of the molecule is CCCCCCCCCCCCCC(CCCC)c1cccc2c1SC(=C1Sc3ccccc3C1=O)C2=O. The number of Topliss-reactive ketones (excluding diaryl/α,β-unsaturated/α-hetero) is 2. The topological polar surface area (TPSA) is 34.1 Å². The van der Waals surface area contributed by atoms with Gasteiger partial charge in [0.25, 0.3) is 0 Å². The number of hydrogen-bond acceptors (Lipinski definition) is 4. The Morgan fingerprint density at radius 2 is 1.13 bits per heavy atom. The summed E-state index contributed by atoms with van der Waals surface area (Å²) in [6, 6.07) is 13.9. The van der Waals surface area contributed by atoms with Gasteiger partial charge in [-0.15, -0.1) is 0 Å². The molecule has 1 atom stereocenters. The van der Waals surface area contributed by atoms with Gasteiger partial charge in [-0.25, -0.2) is 0 Å². The molecular formula is C34H44O2S2. The van der Waals surface area contributed by atoms with E-state index in [2.05, 4.69) is 26.0 Å². The van der Waals surface area contributed by atoms with Crippen LogP contribution in [0.25, 0.3) is 0 Å². The van der Waals surface area contributed by atoms with Crippen molar-refractivity contribution < 1.29 is 9.59 Å². The third-order valence-corrected chi connectivity index (χ3v) is 10.5. The average Bonchev–Trinajstić information content (AvgIpc) is 3.45. The molecular weight excluding hydrogens is 505 g/mol. The van der Waals surface area contributed by atoms with Crippen LogP contribution in [0.1, 0.15) is 142 Å². The summed E-state index contributed by atoms with van der Waals surface area (Å²) in [4.78, 5) is 29.9. The molecule has 204 valence electrons. The average molecular weight is 549 g/mol. The minimum Gasteiger partial charge on any atom is -0.288 e. The molecule has 0 saturated heterocycles. The zero-order valence-corrected chi connectivity index (χ0v) is 25.0. The molecule has 0 aliphatic carbocycles. The number of rotatable bonds is 16. The minimum atomic E-state index is -0.000650. The van der Waals surface area contributed by atoms with Crippen LogP contribution in [0.2, 0.25) is 0 Å². The third-order valence-electron chi connectivity index (χ3n) is 7.96. The van der Waals surface area contributed by atoms with Crippen LogP contribution in [0.3, 0.4) is 0 Å². The molecule has 1 unspecified atom stereocenters. The second-order valence-corrected chi connectivity index (χ2v) is 13.0. The van der Waals surface area contributed by atoms with Gasteiger partial charge in [-0.1, -0.05) is 145 Å². The minimum absolute atomic E-state index is 0.000650. The molecule has 2 aromatic rings. The summed E-state index contributed by atoms with van der Waals surface area (Å²) in [7, 11) is 0. The second-order valence-electron chi connectivity index (χ2n) is 10.9. The Morgan fingerprint density at radius 3 is 1.82 bits per heavy atom. The van der Waals surface area contributed by atoms with Crippen LogP contribution in [0.5, 0.6) is 0 Å². The highest BCUT2D eigenvalue weighted by molar-refractivity contribution is 8.08. The molecule has 0 amide bonds. The van der Waals surface area contributed by atoms with E-state index >= 15 is 0 Å². The molecule has 2 nitrogen and oxygen atoms in total. The number of allylic oxidation sites excluding steroid dienone is 2. The smallest absolute Gasteiger partial charge is 0.202 e. The van der Waals surface area contributed by atoms with Crippen LogP contribution in [-0.4, -0.2) is 11.6 Å². The maximum absolute atomic E-state index is 13.5. The highest BCUT2D eigenvalue weighted by Crippen LogP contribution is 2.52. The Morgan fingerprint density at radius 1 is 0.579 bits per heavy atom. The molecule has 0 bridgehead atoms. The first-order valence-electron chi connectivity index (χ1n) is 15.1. The summed E-state index contributed by atoms with van der Waals surface area (Å²) in [6.07, 6.45) is 19.7. The number of thioether (sulfide) groups is 2. The van der Waals surface area contributed by atoms with E-state index in [0.717, 1.165) is 20.9 Å². The largest absolute Gasteiger partial charge is 0.288 e. The van der Waals surface area contributed by atoms with Crippen LogP contribution in [0, 0.1) is 0 Å². The van der Waals surface area contributed by atoms with E-state index in [1.165, 1.54) is 114 Å². The molecule has 0 radical (unpaired) electrons. The van der Waals surface area contributed by atoms with E-state index in [9.17, 15) is 9.59 Å². The molecule has 2 aliphatic rings. The Hall–Kier alpha value is -1.78. The Balaban J connectivity index is 1.36.